The molecule has 200 valence electrons. The first-order valence-electron chi connectivity index (χ1n) is 12.5. The van der Waals surface area contributed by atoms with Crippen molar-refractivity contribution in [3.8, 4) is 0 Å². The van der Waals surface area contributed by atoms with Gasteiger partial charge in [-0.25, -0.2) is 9.59 Å². The van der Waals surface area contributed by atoms with Gasteiger partial charge >= 0.3 is 12.2 Å². The van der Waals surface area contributed by atoms with Crippen LogP contribution in [0.3, 0.4) is 0 Å². The molecule has 0 aromatic heterocycles. The van der Waals surface area contributed by atoms with Gasteiger partial charge in [-0.1, -0.05) is 11.6 Å². The molecular formula is C25H43N3O7. The summed E-state index contributed by atoms with van der Waals surface area (Å²) in [5.41, 5.74) is 5.17. The number of nitrogens with one attached hydrogen (secondary N) is 2. The third-order valence-electron chi connectivity index (χ3n) is 7.15. The molecule has 0 aromatic carbocycles. The van der Waals surface area contributed by atoms with Crippen LogP contribution >= 0.6 is 0 Å². The number of nitrogens with two attached hydrogens (primary N) is 1. The summed E-state index contributed by atoms with van der Waals surface area (Å²) >= 11 is 0. The number of epoxide rings is 2. The molecular weight excluding hydrogens is 454 g/mol. The number of allylic oxidation sites excluding steroid dienone is 1. The quantitative estimate of drug-likeness (QED) is 0.225. The fraction of sp³-hybridized carbons (Fsp3) is 0.840. The highest BCUT2D eigenvalue weighted by atomic mass is 16.6. The van der Waals surface area contributed by atoms with Crippen LogP contribution in [0.2, 0.25) is 0 Å². The topological polar surface area (TPSA) is 137 Å². The molecule has 6 atom stereocenters. The fourth-order valence-electron chi connectivity index (χ4n) is 5.14. The Kier molecular flexibility index (Phi) is 8.73. The van der Waals surface area contributed by atoms with Gasteiger partial charge < -0.3 is 40.1 Å². The van der Waals surface area contributed by atoms with Crippen molar-refractivity contribution in [2.45, 2.75) is 95.4 Å². The predicted molar refractivity (Wildman–Crippen MR) is 130 cm³/mol. The molecule has 1 aliphatic carbocycles. The standard InChI is InChI=1S/C25H43N3O7/c1-16(2)8-9-18-24(5,35-18)20-19(31-6)17(10-11-25(20)15-33-25)34-22(30)28-23(3,4)14-32-21(29)27-13-7-12-26/h8,17-20H,7,9-15,26H2,1-6H3,(H,27,29)(H,28,30)/t17?,18-,19?,20?,24?,25+/m1/s1. The molecule has 10 heteroatoms. The van der Waals surface area contributed by atoms with Gasteiger partial charge in [0.2, 0.25) is 0 Å². The van der Waals surface area contributed by atoms with Gasteiger partial charge in [0.15, 0.2) is 0 Å². The van der Waals surface area contributed by atoms with E-state index in [4.69, 9.17) is 29.4 Å². The SMILES string of the molecule is COC1C(OC(=O)NC(C)(C)COC(=O)NCCCN)CC[C@]2(CO2)C1C1(C)O[C@@H]1CC=C(C)C. The van der Waals surface area contributed by atoms with E-state index in [0.717, 1.165) is 12.8 Å². The van der Waals surface area contributed by atoms with Gasteiger partial charge in [-0.3, -0.25) is 0 Å². The molecule has 3 rings (SSSR count). The van der Waals surface area contributed by atoms with Crippen molar-refractivity contribution in [2.75, 3.05) is 33.4 Å². The third kappa shape index (κ3) is 6.87. The second-order valence-electron chi connectivity index (χ2n) is 11.0. The van der Waals surface area contributed by atoms with E-state index in [9.17, 15) is 9.59 Å². The summed E-state index contributed by atoms with van der Waals surface area (Å²) in [6.45, 7) is 11.4. The molecule has 4 N–H and O–H groups in total. The first-order chi connectivity index (χ1) is 16.5. The average molecular weight is 498 g/mol. The van der Waals surface area contributed by atoms with Crippen molar-refractivity contribution >= 4 is 12.2 Å². The van der Waals surface area contributed by atoms with E-state index < -0.39 is 29.4 Å². The monoisotopic (exact) mass is 497 g/mol. The molecule has 3 fully saturated rings. The lowest BCUT2D eigenvalue weighted by molar-refractivity contribution is -0.118. The summed E-state index contributed by atoms with van der Waals surface area (Å²) in [6, 6.07) is 0. The van der Waals surface area contributed by atoms with Crippen LogP contribution in [0, 0.1) is 5.92 Å². The summed E-state index contributed by atoms with van der Waals surface area (Å²) in [5, 5.41) is 5.42. The van der Waals surface area contributed by atoms with Crippen molar-refractivity contribution in [1.82, 2.24) is 10.6 Å². The number of hydrogen-bond donors (Lipinski definition) is 3. The molecule has 2 aliphatic heterocycles. The van der Waals surface area contributed by atoms with Crippen molar-refractivity contribution in [2.24, 2.45) is 11.7 Å². The minimum absolute atomic E-state index is 0.00748. The Morgan fingerprint density at radius 1 is 1.26 bits per heavy atom. The second-order valence-corrected chi connectivity index (χ2v) is 11.0. The number of carbonyl (C=O) groups excluding carboxylic acids is 2. The molecule has 1 saturated carbocycles. The summed E-state index contributed by atoms with van der Waals surface area (Å²) in [4.78, 5) is 24.6. The van der Waals surface area contributed by atoms with E-state index in [-0.39, 0.29) is 30.3 Å². The Balaban J connectivity index is 1.57. The van der Waals surface area contributed by atoms with E-state index in [2.05, 4.69) is 37.5 Å². The Morgan fingerprint density at radius 2 is 1.97 bits per heavy atom. The maximum Gasteiger partial charge on any atom is 0.408 e. The third-order valence-corrected chi connectivity index (χ3v) is 7.15. The Bertz CT molecular complexity index is 794. The molecule has 0 aromatic rings. The van der Waals surface area contributed by atoms with Crippen molar-refractivity contribution in [3.63, 3.8) is 0 Å². The lowest BCUT2D eigenvalue weighted by Crippen LogP contribution is -2.57. The predicted octanol–water partition coefficient (Wildman–Crippen LogP) is 2.64. The van der Waals surface area contributed by atoms with Crippen LogP contribution in [0.4, 0.5) is 9.59 Å². The number of alkyl carbamates (subject to hydrolysis) is 2. The molecule has 0 radical (unpaired) electrons. The van der Waals surface area contributed by atoms with Crippen LogP contribution in [0.25, 0.3) is 0 Å². The highest BCUT2D eigenvalue weighted by Gasteiger charge is 2.72. The van der Waals surface area contributed by atoms with E-state index in [1.165, 1.54) is 5.57 Å². The molecule has 0 bridgehead atoms. The molecule has 2 amide bonds. The van der Waals surface area contributed by atoms with Gasteiger partial charge in [-0.05, 0) is 66.8 Å². The van der Waals surface area contributed by atoms with Gasteiger partial charge in [-0.15, -0.1) is 0 Å². The van der Waals surface area contributed by atoms with E-state index >= 15 is 0 Å². The van der Waals surface area contributed by atoms with Crippen LogP contribution in [0.5, 0.6) is 0 Å². The second kappa shape index (κ2) is 11.0. The zero-order valence-corrected chi connectivity index (χ0v) is 22.0. The van der Waals surface area contributed by atoms with E-state index in [1.807, 2.05) is 0 Å². The summed E-state index contributed by atoms with van der Waals surface area (Å²) in [6.07, 6.45) is 3.26. The lowest BCUT2D eigenvalue weighted by atomic mass is 9.68. The van der Waals surface area contributed by atoms with E-state index in [0.29, 0.717) is 32.5 Å². The maximum atomic E-state index is 12.8. The summed E-state index contributed by atoms with van der Waals surface area (Å²) in [5.74, 6) is -0.0457. The minimum atomic E-state index is -0.819. The zero-order valence-electron chi connectivity index (χ0n) is 22.0. The smallest absolute Gasteiger partial charge is 0.408 e. The number of methoxy groups -OCH3 is 1. The molecule has 1 spiro atoms. The molecule has 10 nitrogen and oxygen atoms in total. The Hall–Kier alpha value is -1.88. The summed E-state index contributed by atoms with van der Waals surface area (Å²) < 4.78 is 29.2. The van der Waals surface area contributed by atoms with Crippen molar-refractivity contribution in [1.29, 1.82) is 0 Å². The highest BCUT2D eigenvalue weighted by molar-refractivity contribution is 5.69. The Morgan fingerprint density at radius 3 is 2.57 bits per heavy atom. The van der Waals surface area contributed by atoms with Gasteiger partial charge in [0.05, 0.1) is 24.2 Å². The molecule has 4 unspecified atom stereocenters. The number of ether oxygens (including phenoxy) is 5. The van der Waals surface area contributed by atoms with E-state index in [1.54, 1.807) is 21.0 Å². The van der Waals surface area contributed by atoms with Crippen LogP contribution in [0.15, 0.2) is 11.6 Å². The normalized spacial score (nSPS) is 33.6. The van der Waals surface area contributed by atoms with Gasteiger partial charge in [-0.2, -0.15) is 0 Å². The summed E-state index contributed by atoms with van der Waals surface area (Å²) in [7, 11) is 1.64. The molecule has 3 aliphatic rings. The highest BCUT2D eigenvalue weighted by Crippen LogP contribution is 2.59. The van der Waals surface area contributed by atoms with Gasteiger partial charge in [0, 0.05) is 13.7 Å². The van der Waals surface area contributed by atoms with Crippen LogP contribution in [0.1, 0.15) is 60.3 Å². The average Bonchev–Trinajstić information content (AvgIpc) is 3.69. The number of amides is 2. The van der Waals surface area contributed by atoms with Gasteiger partial charge in [0.25, 0.3) is 0 Å². The fourth-order valence-corrected chi connectivity index (χ4v) is 5.14. The molecule has 35 heavy (non-hydrogen) atoms. The largest absolute Gasteiger partial charge is 0.447 e. The number of carbonyl (C=O) groups is 2. The maximum absolute atomic E-state index is 12.8. The van der Waals surface area contributed by atoms with Crippen LogP contribution in [-0.4, -0.2) is 80.7 Å². The minimum Gasteiger partial charge on any atom is -0.447 e. The lowest BCUT2D eigenvalue weighted by Gasteiger charge is -2.42. The first kappa shape index (κ1) is 27.7. The van der Waals surface area contributed by atoms with Crippen molar-refractivity contribution in [3.05, 3.63) is 11.6 Å². The van der Waals surface area contributed by atoms with Crippen LogP contribution in [-0.2, 0) is 23.7 Å². The Labute approximate surface area is 208 Å². The number of hydrogen-bond acceptors (Lipinski definition) is 8. The van der Waals surface area contributed by atoms with Crippen LogP contribution < -0.4 is 16.4 Å². The van der Waals surface area contributed by atoms with Crippen molar-refractivity contribution < 1.29 is 33.3 Å². The van der Waals surface area contributed by atoms with Gasteiger partial charge in [0.1, 0.15) is 30.0 Å². The first-order valence-corrected chi connectivity index (χ1v) is 12.5. The molecule has 2 heterocycles. The zero-order chi connectivity index (χ0) is 25.9. The number of rotatable bonds is 11. The molecule has 2 saturated heterocycles.